The largest absolute Gasteiger partial charge is 0.495 e. The van der Waals surface area contributed by atoms with E-state index in [9.17, 15) is 0 Å². The van der Waals surface area contributed by atoms with E-state index >= 15 is 0 Å². The van der Waals surface area contributed by atoms with Crippen LogP contribution in [0.15, 0.2) is 85.3 Å². The molecule has 0 bridgehead atoms. The van der Waals surface area contributed by atoms with Gasteiger partial charge in [-0.15, -0.1) is 0 Å². The van der Waals surface area contributed by atoms with Crippen LogP contribution in [0.5, 0.6) is 17.2 Å². The van der Waals surface area contributed by atoms with E-state index in [2.05, 4.69) is 38.2 Å². The zero-order chi connectivity index (χ0) is 22.9. The number of methoxy groups -OCH3 is 1. The Kier molecular flexibility index (Phi) is 4.99. The summed E-state index contributed by atoms with van der Waals surface area (Å²) in [5, 5.41) is 4.45. The number of ether oxygens (including phenoxy) is 3. The van der Waals surface area contributed by atoms with E-state index < -0.39 is 0 Å². The fourth-order valence-corrected chi connectivity index (χ4v) is 4.28. The van der Waals surface area contributed by atoms with E-state index in [1.54, 1.807) is 13.4 Å². The first-order valence-corrected chi connectivity index (χ1v) is 11.0. The molecule has 3 heterocycles. The van der Waals surface area contributed by atoms with Crippen LogP contribution >= 0.6 is 0 Å². The van der Waals surface area contributed by atoms with Gasteiger partial charge in [-0.25, -0.2) is 9.97 Å². The SMILES string of the molecule is COc1ccccc1-n1cc(-c2ccccc2)c2c(NCc3ccc4c(c3)OCO4)ncnc21. The lowest BCUT2D eigenvalue weighted by Crippen LogP contribution is -2.03. The molecule has 6 rings (SSSR count). The lowest BCUT2D eigenvalue weighted by Gasteiger charge is -2.11. The van der Waals surface area contributed by atoms with Crippen LogP contribution in [0.2, 0.25) is 0 Å². The van der Waals surface area contributed by atoms with Crippen LogP contribution in [0.1, 0.15) is 5.56 Å². The summed E-state index contributed by atoms with van der Waals surface area (Å²) < 4.78 is 18.6. The van der Waals surface area contributed by atoms with E-state index in [1.807, 2.05) is 60.7 Å². The second kappa shape index (κ2) is 8.44. The minimum Gasteiger partial charge on any atom is -0.495 e. The van der Waals surface area contributed by atoms with Crippen LogP contribution in [0.25, 0.3) is 27.8 Å². The van der Waals surface area contributed by atoms with Gasteiger partial charge in [0.05, 0.1) is 18.2 Å². The molecule has 3 aromatic carbocycles. The topological polar surface area (TPSA) is 70.4 Å². The number of nitrogens with zero attached hydrogens (tertiary/aromatic N) is 3. The summed E-state index contributed by atoms with van der Waals surface area (Å²) in [6.45, 7) is 0.840. The van der Waals surface area contributed by atoms with Gasteiger partial charge in [0, 0.05) is 18.3 Å². The molecule has 0 atom stereocenters. The van der Waals surface area contributed by atoms with Crippen molar-refractivity contribution in [2.75, 3.05) is 19.2 Å². The summed E-state index contributed by atoms with van der Waals surface area (Å²) in [5.41, 5.74) is 4.91. The molecule has 0 fully saturated rings. The fraction of sp³-hybridized carbons (Fsp3) is 0.111. The van der Waals surface area contributed by atoms with Gasteiger partial charge in [-0.2, -0.15) is 0 Å². The van der Waals surface area contributed by atoms with Gasteiger partial charge < -0.3 is 19.5 Å². The first-order valence-electron chi connectivity index (χ1n) is 11.0. The van der Waals surface area contributed by atoms with E-state index in [0.29, 0.717) is 6.54 Å². The number of benzene rings is 3. The van der Waals surface area contributed by atoms with Crippen molar-refractivity contribution in [3.63, 3.8) is 0 Å². The summed E-state index contributed by atoms with van der Waals surface area (Å²) in [7, 11) is 1.68. The van der Waals surface area contributed by atoms with Gasteiger partial charge in [0.25, 0.3) is 0 Å². The third-order valence-corrected chi connectivity index (χ3v) is 5.91. The average molecular weight is 450 g/mol. The van der Waals surface area contributed by atoms with E-state index in [-0.39, 0.29) is 6.79 Å². The van der Waals surface area contributed by atoms with E-state index in [0.717, 1.165) is 56.5 Å². The zero-order valence-electron chi connectivity index (χ0n) is 18.6. The molecular weight excluding hydrogens is 428 g/mol. The number of nitrogens with one attached hydrogen (secondary N) is 1. The second-order valence-electron chi connectivity index (χ2n) is 7.91. The molecule has 5 aromatic rings. The number of aromatic nitrogens is 3. The first-order chi connectivity index (χ1) is 16.8. The Morgan fingerprint density at radius 2 is 1.76 bits per heavy atom. The molecule has 0 amide bonds. The minimum absolute atomic E-state index is 0.260. The molecule has 0 saturated carbocycles. The van der Waals surface area contributed by atoms with Crippen LogP contribution in [0, 0.1) is 0 Å². The summed E-state index contributed by atoms with van der Waals surface area (Å²) in [5.74, 6) is 3.07. The second-order valence-corrected chi connectivity index (χ2v) is 7.91. The van der Waals surface area contributed by atoms with Crippen LogP contribution in [-0.4, -0.2) is 28.4 Å². The minimum atomic E-state index is 0.260. The zero-order valence-corrected chi connectivity index (χ0v) is 18.6. The monoisotopic (exact) mass is 450 g/mol. The van der Waals surface area contributed by atoms with Crippen LogP contribution in [0.4, 0.5) is 5.82 Å². The fourth-order valence-electron chi connectivity index (χ4n) is 4.28. The Balaban J connectivity index is 1.47. The molecular formula is C27H22N4O3. The molecule has 34 heavy (non-hydrogen) atoms. The van der Waals surface area contributed by atoms with Crippen molar-refractivity contribution in [1.29, 1.82) is 0 Å². The highest BCUT2D eigenvalue weighted by atomic mass is 16.7. The van der Waals surface area contributed by atoms with E-state index in [1.165, 1.54) is 0 Å². The number of rotatable bonds is 6. The maximum Gasteiger partial charge on any atom is 0.231 e. The first kappa shape index (κ1) is 20.1. The maximum atomic E-state index is 5.63. The Labute approximate surface area is 196 Å². The highest BCUT2D eigenvalue weighted by Crippen LogP contribution is 2.37. The van der Waals surface area contributed by atoms with Crippen LogP contribution in [0.3, 0.4) is 0 Å². The number of anilines is 1. The highest BCUT2D eigenvalue weighted by molar-refractivity contribution is 6.02. The molecule has 7 nitrogen and oxygen atoms in total. The molecule has 7 heteroatoms. The van der Waals surface area contributed by atoms with Crippen molar-refractivity contribution < 1.29 is 14.2 Å². The smallest absolute Gasteiger partial charge is 0.231 e. The summed E-state index contributed by atoms with van der Waals surface area (Å²) in [6, 6.07) is 24.1. The van der Waals surface area contributed by atoms with Gasteiger partial charge in [-0.05, 0) is 35.4 Å². The van der Waals surface area contributed by atoms with Crippen molar-refractivity contribution >= 4 is 16.9 Å². The van der Waals surface area contributed by atoms with Gasteiger partial charge in [0.1, 0.15) is 17.9 Å². The molecule has 1 aliphatic heterocycles. The summed E-state index contributed by atoms with van der Waals surface area (Å²) >= 11 is 0. The number of fused-ring (bicyclic) bond motifs is 2. The van der Waals surface area contributed by atoms with Crippen LogP contribution in [-0.2, 0) is 6.54 Å². The molecule has 1 aliphatic rings. The summed E-state index contributed by atoms with van der Waals surface area (Å²) in [4.78, 5) is 9.27. The lowest BCUT2D eigenvalue weighted by atomic mass is 10.1. The van der Waals surface area contributed by atoms with Gasteiger partial charge >= 0.3 is 0 Å². The lowest BCUT2D eigenvalue weighted by molar-refractivity contribution is 0.174. The Morgan fingerprint density at radius 1 is 0.941 bits per heavy atom. The molecule has 0 unspecified atom stereocenters. The Hall–Kier alpha value is -4.52. The van der Waals surface area contributed by atoms with Gasteiger partial charge in [-0.3, -0.25) is 4.57 Å². The van der Waals surface area contributed by atoms with Gasteiger partial charge in [0.15, 0.2) is 17.1 Å². The standard InChI is InChI=1S/C27H22N4O3/c1-32-22-10-6-5-9-21(22)31-15-20(19-7-3-2-4-8-19)25-26(29-16-30-27(25)31)28-14-18-11-12-23-24(13-18)34-17-33-23/h2-13,15-16H,14,17H2,1H3,(H,28,29,30). The van der Waals surface area contributed by atoms with Crippen molar-refractivity contribution in [3.05, 3.63) is 90.9 Å². The third-order valence-electron chi connectivity index (χ3n) is 5.91. The van der Waals surface area contributed by atoms with Crippen molar-refractivity contribution in [2.24, 2.45) is 0 Å². The summed E-state index contributed by atoms with van der Waals surface area (Å²) in [6.07, 6.45) is 3.68. The molecule has 2 aromatic heterocycles. The van der Waals surface area contributed by atoms with E-state index in [4.69, 9.17) is 14.2 Å². The number of hydrogen-bond donors (Lipinski definition) is 1. The van der Waals surface area contributed by atoms with Crippen LogP contribution < -0.4 is 19.5 Å². The van der Waals surface area contributed by atoms with Crippen molar-refractivity contribution in [2.45, 2.75) is 6.54 Å². The normalized spacial score (nSPS) is 12.1. The molecule has 168 valence electrons. The van der Waals surface area contributed by atoms with Crippen molar-refractivity contribution in [1.82, 2.24) is 14.5 Å². The highest BCUT2D eigenvalue weighted by Gasteiger charge is 2.19. The molecule has 0 spiro atoms. The van der Waals surface area contributed by atoms with Crippen molar-refractivity contribution in [3.8, 4) is 34.1 Å². The predicted octanol–water partition coefficient (Wildman–Crippen LogP) is 5.44. The Morgan fingerprint density at radius 3 is 2.65 bits per heavy atom. The van der Waals surface area contributed by atoms with Gasteiger partial charge in [0.2, 0.25) is 6.79 Å². The number of para-hydroxylation sites is 2. The molecule has 0 radical (unpaired) electrons. The third kappa shape index (κ3) is 3.47. The Bertz CT molecular complexity index is 1480. The maximum absolute atomic E-state index is 5.63. The number of hydrogen-bond acceptors (Lipinski definition) is 6. The molecule has 0 aliphatic carbocycles. The molecule has 0 saturated heterocycles. The van der Waals surface area contributed by atoms with Gasteiger partial charge in [-0.1, -0.05) is 48.5 Å². The molecule has 1 N–H and O–H groups in total. The average Bonchev–Trinajstić information content (AvgIpc) is 3.53. The quantitative estimate of drug-likeness (QED) is 0.372. The predicted molar refractivity (Wildman–Crippen MR) is 131 cm³/mol.